The molecule has 2 aliphatic rings. The lowest BCUT2D eigenvalue weighted by Gasteiger charge is -2.23. The van der Waals surface area contributed by atoms with Crippen molar-refractivity contribution in [3.63, 3.8) is 0 Å². The molecule has 1 fully saturated rings. The molecule has 6 rings (SSSR count). The third-order valence-corrected chi connectivity index (χ3v) is 6.45. The molecular formula is C21H20N6O3S. The zero-order chi connectivity index (χ0) is 20.8. The van der Waals surface area contributed by atoms with Crippen molar-refractivity contribution in [1.29, 1.82) is 0 Å². The zero-order valence-electron chi connectivity index (χ0n) is 16.6. The first-order chi connectivity index (χ1) is 15.3. The van der Waals surface area contributed by atoms with Crippen molar-refractivity contribution in [3.8, 4) is 17.2 Å². The fourth-order valence-electron chi connectivity index (χ4n) is 4.05. The van der Waals surface area contributed by atoms with Gasteiger partial charge < -0.3 is 29.4 Å². The Labute approximate surface area is 181 Å². The van der Waals surface area contributed by atoms with Gasteiger partial charge in [0.25, 0.3) is 0 Å². The van der Waals surface area contributed by atoms with E-state index in [0.717, 1.165) is 46.8 Å². The van der Waals surface area contributed by atoms with Gasteiger partial charge in [-0.25, -0.2) is 9.97 Å². The van der Waals surface area contributed by atoms with E-state index < -0.39 is 0 Å². The minimum Gasteiger partial charge on any atom is -0.454 e. The van der Waals surface area contributed by atoms with Crippen molar-refractivity contribution in [2.45, 2.75) is 18.9 Å². The lowest BCUT2D eigenvalue weighted by Crippen LogP contribution is -2.33. The fraction of sp³-hybridized carbons (Fsp3) is 0.286. The second-order valence-electron chi connectivity index (χ2n) is 7.51. The Balaban J connectivity index is 1.32. The van der Waals surface area contributed by atoms with E-state index in [1.807, 2.05) is 40.4 Å². The van der Waals surface area contributed by atoms with Gasteiger partial charge in [-0.15, -0.1) is 11.3 Å². The van der Waals surface area contributed by atoms with Crippen LogP contribution in [0.3, 0.4) is 0 Å². The summed E-state index contributed by atoms with van der Waals surface area (Å²) >= 11 is 1.58. The molecule has 3 aromatic heterocycles. The number of rotatable bonds is 5. The van der Waals surface area contributed by atoms with Gasteiger partial charge in [0.2, 0.25) is 12.7 Å². The molecule has 2 aliphatic heterocycles. The average molecular weight is 436 g/mol. The van der Waals surface area contributed by atoms with Crippen molar-refractivity contribution in [1.82, 2.24) is 19.5 Å². The maximum Gasteiger partial charge on any atom is 0.231 e. The molecule has 1 unspecified atom stereocenters. The number of anilines is 3. The van der Waals surface area contributed by atoms with Gasteiger partial charge in [-0.2, -0.15) is 4.98 Å². The Morgan fingerprint density at radius 1 is 1.19 bits per heavy atom. The highest BCUT2D eigenvalue weighted by molar-refractivity contribution is 7.16. The number of hydrogen-bond donors (Lipinski definition) is 2. The topological polar surface area (TPSA) is 97.6 Å². The molecule has 1 saturated heterocycles. The smallest absolute Gasteiger partial charge is 0.231 e. The quantitative estimate of drug-likeness (QED) is 0.492. The summed E-state index contributed by atoms with van der Waals surface area (Å²) in [6.07, 6.45) is 5.63. The van der Waals surface area contributed by atoms with E-state index in [1.54, 1.807) is 17.7 Å². The monoisotopic (exact) mass is 436 g/mol. The van der Waals surface area contributed by atoms with Gasteiger partial charge in [0, 0.05) is 12.6 Å². The van der Waals surface area contributed by atoms with Crippen molar-refractivity contribution >= 4 is 39.1 Å². The number of nitrogens with one attached hydrogen (secondary N) is 1. The molecule has 9 nitrogen and oxygen atoms in total. The molecule has 5 heterocycles. The van der Waals surface area contributed by atoms with Crippen LogP contribution in [0.4, 0.5) is 17.6 Å². The Bertz CT molecular complexity index is 1260. The van der Waals surface area contributed by atoms with Gasteiger partial charge in [-0.1, -0.05) is 0 Å². The molecule has 31 heavy (non-hydrogen) atoms. The van der Waals surface area contributed by atoms with Gasteiger partial charge in [-0.05, 0) is 36.4 Å². The molecule has 0 amide bonds. The maximum absolute atomic E-state index is 9.71. The SMILES string of the molecule is OCC1CCCN1c1nc(Nc2cn(-c3ccc4c(c3)OCO4)cn2)c2ccsc2n1. The van der Waals surface area contributed by atoms with Crippen LogP contribution in [0.5, 0.6) is 11.5 Å². The highest BCUT2D eigenvalue weighted by Gasteiger charge is 2.27. The van der Waals surface area contributed by atoms with Crippen LogP contribution in [0.25, 0.3) is 15.9 Å². The summed E-state index contributed by atoms with van der Waals surface area (Å²) in [7, 11) is 0. The van der Waals surface area contributed by atoms with Gasteiger partial charge >= 0.3 is 0 Å². The molecule has 10 heteroatoms. The highest BCUT2D eigenvalue weighted by atomic mass is 32.1. The van der Waals surface area contributed by atoms with E-state index in [9.17, 15) is 5.11 Å². The maximum atomic E-state index is 9.71. The Morgan fingerprint density at radius 2 is 2.13 bits per heavy atom. The molecule has 0 radical (unpaired) electrons. The molecule has 4 aromatic rings. The van der Waals surface area contributed by atoms with Crippen molar-refractivity contribution in [2.24, 2.45) is 0 Å². The molecule has 0 aliphatic carbocycles. The highest BCUT2D eigenvalue weighted by Crippen LogP contribution is 2.34. The number of ether oxygens (including phenoxy) is 2. The van der Waals surface area contributed by atoms with Crippen LogP contribution in [0.1, 0.15) is 12.8 Å². The Hall–Kier alpha value is -3.37. The lowest BCUT2D eigenvalue weighted by molar-refractivity contribution is 0.174. The zero-order valence-corrected chi connectivity index (χ0v) is 17.4. The van der Waals surface area contributed by atoms with Crippen LogP contribution in [-0.4, -0.2) is 50.6 Å². The molecule has 1 atom stereocenters. The second-order valence-corrected chi connectivity index (χ2v) is 8.41. The summed E-state index contributed by atoms with van der Waals surface area (Å²) in [5.74, 6) is 3.50. The minimum atomic E-state index is 0.0653. The number of aliphatic hydroxyl groups excluding tert-OH is 1. The molecule has 158 valence electrons. The molecule has 0 saturated carbocycles. The third-order valence-electron chi connectivity index (χ3n) is 5.64. The number of hydrogen-bond acceptors (Lipinski definition) is 9. The second kappa shape index (κ2) is 7.40. The number of fused-ring (bicyclic) bond motifs is 2. The number of thiophene rings is 1. The first-order valence-corrected chi connectivity index (χ1v) is 11.0. The number of aliphatic hydroxyl groups is 1. The minimum absolute atomic E-state index is 0.0653. The van der Waals surface area contributed by atoms with E-state index in [2.05, 4.69) is 15.2 Å². The van der Waals surface area contributed by atoms with E-state index in [-0.39, 0.29) is 19.4 Å². The number of nitrogens with zero attached hydrogens (tertiary/aromatic N) is 5. The summed E-state index contributed by atoms with van der Waals surface area (Å²) in [4.78, 5) is 17.0. The largest absolute Gasteiger partial charge is 0.454 e. The fourth-order valence-corrected chi connectivity index (χ4v) is 4.81. The number of benzene rings is 1. The summed E-state index contributed by atoms with van der Waals surface area (Å²) in [6, 6.07) is 7.85. The lowest BCUT2D eigenvalue weighted by atomic mass is 10.2. The van der Waals surface area contributed by atoms with Crippen molar-refractivity contribution in [3.05, 3.63) is 42.2 Å². The van der Waals surface area contributed by atoms with E-state index in [1.165, 1.54) is 0 Å². The molecule has 2 N–H and O–H groups in total. The Kier molecular flexibility index (Phi) is 4.39. The Morgan fingerprint density at radius 3 is 3.06 bits per heavy atom. The number of imidazole rings is 1. The predicted octanol–water partition coefficient (Wildman–Crippen LogP) is 3.31. The summed E-state index contributed by atoms with van der Waals surface area (Å²) in [6.45, 7) is 1.20. The summed E-state index contributed by atoms with van der Waals surface area (Å²) < 4.78 is 12.8. The van der Waals surface area contributed by atoms with Crippen LogP contribution < -0.4 is 19.7 Å². The van der Waals surface area contributed by atoms with Crippen LogP contribution in [-0.2, 0) is 0 Å². The van der Waals surface area contributed by atoms with Gasteiger partial charge in [-0.3, -0.25) is 0 Å². The summed E-state index contributed by atoms with van der Waals surface area (Å²) in [5, 5.41) is 16.0. The first kappa shape index (κ1) is 18.4. The third kappa shape index (κ3) is 3.24. The average Bonchev–Trinajstić information content (AvgIpc) is 3.59. The number of aromatic nitrogens is 4. The van der Waals surface area contributed by atoms with Crippen molar-refractivity contribution < 1.29 is 14.6 Å². The van der Waals surface area contributed by atoms with E-state index >= 15 is 0 Å². The molecule has 0 spiro atoms. The van der Waals surface area contributed by atoms with Crippen LogP contribution >= 0.6 is 11.3 Å². The van der Waals surface area contributed by atoms with Gasteiger partial charge in [0.05, 0.1) is 29.9 Å². The molecular weight excluding hydrogens is 416 g/mol. The van der Waals surface area contributed by atoms with Crippen LogP contribution in [0.2, 0.25) is 0 Å². The van der Waals surface area contributed by atoms with Gasteiger partial charge in [0.15, 0.2) is 11.5 Å². The van der Waals surface area contributed by atoms with Gasteiger partial charge in [0.1, 0.15) is 22.8 Å². The van der Waals surface area contributed by atoms with Crippen LogP contribution in [0, 0.1) is 0 Å². The molecule has 0 bridgehead atoms. The van der Waals surface area contributed by atoms with E-state index in [0.29, 0.717) is 17.6 Å². The summed E-state index contributed by atoms with van der Waals surface area (Å²) in [5.41, 5.74) is 0.928. The first-order valence-electron chi connectivity index (χ1n) is 10.1. The normalized spacial score (nSPS) is 17.6. The van der Waals surface area contributed by atoms with Crippen LogP contribution in [0.15, 0.2) is 42.2 Å². The standard InChI is InChI=1S/C21H20N6O3S/c28-10-14-2-1-6-27(14)21-24-19(15-5-7-31-20(15)25-21)23-18-9-26(11-22-18)13-3-4-16-17(8-13)30-12-29-16/h3-5,7-9,11,14,28H,1-2,6,10,12H2,(H,23,24,25). The van der Waals surface area contributed by atoms with E-state index in [4.69, 9.17) is 19.4 Å². The predicted molar refractivity (Wildman–Crippen MR) is 118 cm³/mol. The molecule has 1 aromatic carbocycles. The van der Waals surface area contributed by atoms with Crippen molar-refractivity contribution in [2.75, 3.05) is 30.2 Å².